The van der Waals surface area contributed by atoms with Gasteiger partial charge in [-0.1, -0.05) is 57.0 Å². The number of carbonyl (C=O) groups is 5. The number of fused-ring (bicyclic) bond motifs is 8. The van der Waals surface area contributed by atoms with E-state index < -0.39 is 80.0 Å². The molecule has 16 heteroatoms. The standard InChI is InChI=1S/C39H48N6O9S/c1-38(2)22-53-27-12-8-10-24(18-27)29-14-9-15-30(41-29)33(46)40-26-19-32-34(47)43-39(36(49)44-55(51,52)28-16-17-28)20-25(39)11-6-4-3-5-7-13-31(35(48)45(32)21-26)42-37(50)54-23-38/h6,8-12,14-15,18,25-26,28,31-32H,3-5,7,13,16-17,19-23H2,1-2H3,(H,40,46)(H,42,50)(H,43,47)(H,44,49)/b11-6-/t25-,26+,31-,32-,39+/m0/s1. The Balaban J connectivity index is 1.21. The summed E-state index contributed by atoms with van der Waals surface area (Å²) < 4.78 is 39.5. The van der Waals surface area contributed by atoms with E-state index in [0.717, 1.165) is 12.8 Å². The van der Waals surface area contributed by atoms with Gasteiger partial charge in [-0.3, -0.25) is 23.9 Å². The van der Waals surface area contributed by atoms with Crippen LogP contribution in [0, 0.1) is 11.3 Å². The number of sulfonamides is 1. The second kappa shape index (κ2) is 15.3. The average Bonchev–Trinajstić information content (AvgIpc) is 4.09. The Hall–Kier alpha value is -4.99. The highest BCUT2D eigenvalue weighted by Crippen LogP contribution is 2.46. The van der Waals surface area contributed by atoms with Crippen LogP contribution >= 0.6 is 0 Å². The molecule has 4 N–H and O–H groups in total. The molecule has 7 bridgehead atoms. The molecule has 2 aliphatic carbocycles. The van der Waals surface area contributed by atoms with Crippen LogP contribution < -0.4 is 25.4 Å². The van der Waals surface area contributed by atoms with Crippen molar-refractivity contribution in [3.63, 3.8) is 0 Å². The van der Waals surface area contributed by atoms with E-state index in [1.807, 2.05) is 44.2 Å². The molecule has 294 valence electrons. The highest BCUT2D eigenvalue weighted by Gasteiger charge is 2.62. The zero-order valence-electron chi connectivity index (χ0n) is 31.0. The maximum absolute atomic E-state index is 14.5. The fourth-order valence-electron chi connectivity index (χ4n) is 7.40. The lowest BCUT2D eigenvalue weighted by atomic mass is 9.96. The fourth-order valence-corrected chi connectivity index (χ4v) is 8.76. The molecule has 5 atom stereocenters. The molecule has 1 aromatic carbocycles. The summed E-state index contributed by atoms with van der Waals surface area (Å²) >= 11 is 0. The number of carbonyl (C=O) groups excluding carboxylic acids is 5. The maximum atomic E-state index is 14.5. The molecule has 3 aliphatic heterocycles. The maximum Gasteiger partial charge on any atom is 0.407 e. The number of pyridine rings is 1. The van der Waals surface area contributed by atoms with E-state index in [2.05, 4.69) is 25.7 Å². The number of allylic oxidation sites excluding steroid dienone is 1. The molecule has 4 heterocycles. The van der Waals surface area contributed by atoms with Crippen molar-refractivity contribution in [3.8, 4) is 17.0 Å². The van der Waals surface area contributed by atoms with Gasteiger partial charge in [0.2, 0.25) is 21.8 Å². The Morgan fingerprint density at radius 2 is 1.71 bits per heavy atom. The van der Waals surface area contributed by atoms with E-state index >= 15 is 0 Å². The molecule has 3 fully saturated rings. The second-order valence-electron chi connectivity index (χ2n) is 16.1. The molecule has 0 unspecified atom stereocenters. The minimum atomic E-state index is -3.91. The Morgan fingerprint density at radius 3 is 2.51 bits per heavy atom. The number of aromatic nitrogens is 1. The van der Waals surface area contributed by atoms with Gasteiger partial charge in [0.15, 0.2) is 0 Å². The quantitative estimate of drug-likeness (QED) is 0.336. The molecule has 55 heavy (non-hydrogen) atoms. The number of alkyl carbamates (subject to hydrolysis) is 1. The third-order valence-electron chi connectivity index (χ3n) is 10.8. The number of hydrogen-bond donors (Lipinski definition) is 4. The first-order valence-corrected chi connectivity index (χ1v) is 20.6. The number of benzene rings is 1. The minimum Gasteiger partial charge on any atom is -0.493 e. The molecule has 1 saturated heterocycles. The van der Waals surface area contributed by atoms with Crippen molar-refractivity contribution in [2.24, 2.45) is 11.3 Å². The fraction of sp³-hybridized carbons (Fsp3) is 0.538. The minimum absolute atomic E-state index is 0.00762. The molecule has 0 spiro atoms. The van der Waals surface area contributed by atoms with Crippen LogP contribution in [0.2, 0.25) is 0 Å². The summed E-state index contributed by atoms with van der Waals surface area (Å²) in [5.74, 6) is -2.43. The Kier molecular flexibility index (Phi) is 10.6. The largest absolute Gasteiger partial charge is 0.493 e. The normalized spacial score (nSPS) is 29.4. The smallest absolute Gasteiger partial charge is 0.407 e. The van der Waals surface area contributed by atoms with E-state index in [1.165, 1.54) is 4.90 Å². The number of nitrogens with one attached hydrogen (secondary N) is 4. The van der Waals surface area contributed by atoms with Gasteiger partial charge in [-0.2, -0.15) is 0 Å². The molecule has 2 saturated carbocycles. The van der Waals surface area contributed by atoms with E-state index in [-0.39, 0.29) is 44.7 Å². The zero-order valence-corrected chi connectivity index (χ0v) is 31.9. The van der Waals surface area contributed by atoms with Gasteiger partial charge in [0.05, 0.1) is 17.6 Å². The lowest BCUT2D eigenvalue weighted by Crippen LogP contribution is -2.58. The van der Waals surface area contributed by atoms with Crippen LogP contribution in [-0.2, 0) is 29.1 Å². The van der Waals surface area contributed by atoms with Gasteiger partial charge in [0.1, 0.15) is 35.7 Å². The summed E-state index contributed by atoms with van der Waals surface area (Å²) in [6.45, 7) is 3.89. The average molecular weight is 777 g/mol. The summed E-state index contributed by atoms with van der Waals surface area (Å²) in [7, 11) is -3.91. The molecule has 1 aromatic heterocycles. The zero-order chi connectivity index (χ0) is 39.0. The van der Waals surface area contributed by atoms with E-state index in [1.54, 1.807) is 24.3 Å². The SMILES string of the molecule is CC1(C)COC(=O)N[C@H]2CCCCC/C=C\[C@H]3C[C@@]3(C(=O)NS(=O)(=O)C3CC3)NC(=O)[C@@H]3C[C@H](CN3C2=O)NC(=O)c2cccc(n2)-c2cccc(c2)OC1. The lowest BCUT2D eigenvalue weighted by molar-refractivity contribution is -0.141. The topological polar surface area (TPSA) is 202 Å². The number of amides is 5. The lowest BCUT2D eigenvalue weighted by Gasteiger charge is -2.30. The van der Waals surface area contributed by atoms with Crippen LogP contribution in [0.15, 0.2) is 54.6 Å². The van der Waals surface area contributed by atoms with Gasteiger partial charge in [0, 0.05) is 29.5 Å². The van der Waals surface area contributed by atoms with Crippen molar-refractivity contribution >= 4 is 39.7 Å². The second-order valence-corrected chi connectivity index (χ2v) is 18.0. The van der Waals surface area contributed by atoms with Gasteiger partial charge >= 0.3 is 6.09 Å². The Bertz CT molecular complexity index is 2000. The summed E-state index contributed by atoms with van der Waals surface area (Å²) in [5.41, 5.74) is -0.776. The van der Waals surface area contributed by atoms with Crippen molar-refractivity contribution in [1.82, 2.24) is 30.6 Å². The van der Waals surface area contributed by atoms with Gasteiger partial charge in [-0.05, 0) is 69.2 Å². The van der Waals surface area contributed by atoms with Crippen molar-refractivity contribution in [2.45, 2.75) is 101 Å². The molecule has 5 amide bonds. The third-order valence-corrected chi connectivity index (χ3v) is 12.7. The number of nitrogens with zero attached hydrogens (tertiary/aromatic N) is 2. The first-order valence-electron chi connectivity index (χ1n) is 19.0. The van der Waals surface area contributed by atoms with E-state index in [0.29, 0.717) is 42.7 Å². The van der Waals surface area contributed by atoms with Crippen LogP contribution in [0.1, 0.15) is 82.1 Å². The summed E-state index contributed by atoms with van der Waals surface area (Å²) in [6.07, 6.45) is 7.09. The predicted molar refractivity (Wildman–Crippen MR) is 200 cm³/mol. The van der Waals surface area contributed by atoms with Crippen LogP contribution in [0.25, 0.3) is 11.3 Å². The molecule has 0 radical (unpaired) electrons. The van der Waals surface area contributed by atoms with Crippen molar-refractivity contribution in [1.29, 1.82) is 0 Å². The predicted octanol–water partition coefficient (Wildman–Crippen LogP) is 2.96. The summed E-state index contributed by atoms with van der Waals surface area (Å²) in [4.78, 5) is 75.4. The van der Waals surface area contributed by atoms with Crippen LogP contribution in [-0.4, -0.2) is 96.7 Å². The van der Waals surface area contributed by atoms with Gasteiger partial charge in [-0.25, -0.2) is 18.2 Å². The third kappa shape index (κ3) is 8.79. The van der Waals surface area contributed by atoms with E-state index in [4.69, 9.17) is 9.47 Å². The summed E-state index contributed by atoms with van der Waals surface area (Å²) in [6, 6.07) is 9.42. The van der Waals surface area contributed by atoms with E-state index in [9.17, 15) is 32.4 Å². The first kappa shape index (κ1) is 38.3. The highest BCUT2D eigenvalue weighted by atomic mass is 32.2. The van der Waals surface area contributed by atoms with Crippen molar-refractivity contribution in [3.05, 3.63) is 60.3 Å². The number of cyclic esters (lactones) is 1. The molecule has 15 nitrogen and oxygen atoms in total. The van der Waals surface area contributed by atoms with Gasteiger partial charge < -0.3 is 30.3 Å². The number of rotatable bonds is 3. The van der Waals surface area contributed by atoms with Crippen molar-refractivity contribution < 1.29 is 41.9 Å². The molecule has 2 aromatic rings. The van der Waals surface area contributed by atoms with Crippen molar-refractivity contribution in [2.75, 3.05) is 19.8 Å². The van der Waals surface area contributed by atoms with Crippen LogP contribution in [0.4, 0.5) is 4.79 Å². The summed E-state index contributed by atoms with van der Waals surface area (Å²) in [5, 5.41) is 7.87. The van der Waals surface area contributed by atoms with Crippen LogP contribution in [0.3, 0.4) is 0 Å². The highest BCUT2D eigenvalue weighted by molar-refractivity contribution is 7.91. The Morgan fingerprint density at radius 1 is 0.945 bits per heavy atom. The molecule has 7 rings (SSSR count). The van der Waals surface area contributed by atoms with Gasteiger partial charge in [-0.15, -0.1) is 0 Å². The molecular formula is C39H48N6O9S. The Labute approximate surface area is 320 Å². The molecular weight excluding hydrogens is 729 g/mol. The monoisotopic (exact) mass is 776 g/mol. The molecule has 5 aliphatic rings. The first-order chi connectivity index (χ1) is 26.2. The number of ether oxygens (including phenoxy) is 2. The van der Waals surface area contributed by atoms with Gasteiger partial charge in [0.25, 0.3) is 11.8 Å². The van der Waals surface area contributed by atoms with Crippen LogP contribution in [0.5, 0.6) is 5.75 Å². The number of hydrogen-bond acceptors (Lipinski definition) is 10.